The van der Waals surface area contributed by atoms with Crippen LogP contribution < -0.4 is 0 Å². The van der Waals surface area contributed by atoms with E-state index >= 15 is 0 Å². The molecule has 0 aliphatic heterocycles. The zero-order chi connectivity index (χ0) is 22.3. The molecule has 0 rings (SSSR count). The molecule has 10 heteroatoms. The van der Waals surface area contributed by atoms with Gasteiger partial charge in [-0.3, -0.25) is 0 Å². The molecule has 0 atom stereocenters. The summed E-state index contributed by atoms with van der Waals surface area (Å²) in [5.74, 6) is 0. The summed E-state index contributed by atoms with van der Waals surface area (Å²) < 4.78 is 0. The van der Waals surface area contributed by atoms with Crippen LogP contribution in [0.25, 0.3) is 0 Å². The van der Waals surface area contributed by atoms with Gasteiger partial charge in [0.15, 0.2) is 0 Å². The van der Waals surface area contributed by atoms with Crippen molar-refractivity contribution in [2.45, 2.75) is 77.0 Å². The van der Waals surface area contributed by atoms with Crippen LogP contribution in [0.2, 0.25) is 0 Å². The van der Waals surface area contributed by atoms with Gasteiger partial charge < -0.3 is 45.7 Å². The minimum atomic E-state index is -2.17. The predicted molar refractivity (Wildman–Crippen MR) is 110 cm³/mol. The molecule has 0 saturated carbocycles. The Bertz CT molecular complexity index is 164. The fourth-order valence-electron chi connectivity index (χ4n) is 1.73. The third-order valence-electron chi connectivity index (χ3n) is 3.20. The highest BCUT2D eigenvalue weighted by Gasteiger charge is 1.92. The quantitative estimate of drug-likeness (QED) is 0.126. The molecule has 0 spiro atoms. The van der Waals surface area contributed by atoms with Gasteiger partial charge in [-0.2, -0.15) is 0 Å². The monoisotopic (exact) mass is 416 g/mol. The third-order valence-corrected chi connectivity index (χ3v) is 3.20. The van der Waals surface area contributed by atoms with Crippen LogP contribution in [0.15, 0.2) is 0 Å². The minimum Gasteiger partial charge on any atom is -0.402 e. The second-order valence-corrected chi connectivity index (χ2v) is 5.93. The maximum absolute atomic E-state index is 8.30. The second-order valence-electron chi connectivity index (χ2n) is 5.93. The van der Waals surface area contributed by atoms with E-state index in [9.17, 15) is 0 Å². The lowest BCUT2D eigenvalue weighted by molar-refractivity contribution is 0.265. The zero-order valence-electron chi connectivity index (χ0n) is 17.3. The highest BCUT2D eigenvalue weighted by molar-refractivity contribution is 6.30. The maximum atomic E-state index is 8.30. The lowest BCUT2D eigenvalue weighted by Gasteiger charge is -1.93. The molecule has 0 unspecified atom stereocenters. The fourth-order valence-corrected chi connectivity index (χ4v) is 1.73. The molecule has 0 amide bonds. The molecule has 0 fully saturated rings. The molecule has 0 aromatic heterocycles. The van der Waals surface area contributed by atoms with Crippen LogP contribution in [-0.2, 0) is 0 Å². The summed E-state index contributed by atoms with van der Waals surface area (Å²) in [6.07, 6.45) is 11.5. The van der Waals surface area contributed by atoms with Gasteiger partial charge in [0.05, 0.1) is 0 Å². The van der Waals surface area contributed by atoms with Crippen molar-refractivity contribution in [3.8, 4) is 0 Å². The number of hydrogen-bond acceptors (Lipinski definition) is 9. The Hall–Kier alpha value is -0.295. The molecule has 0 radical (unpaired) electrons. The van der Waals surface area contributed by atoms with Crippen molar-refractivity contribution in [2.75, 3.05) is 39.6 Å². The summed E-state index contributed by atoms with van der Waals surface area (Å²) in [5.41, 5.74) is 0. The summed E-state index contributed by atoms with van der Waals surface area (Å²) >= 11 is 0. The summed E-state index contributed by atoms with van der Waals surface area (Å²) in [7, 11) is -2.17. The van der Waals surface area contributed by atoms with Crippen LogP contribution in [0.1, 0.15) is 77.0 Å². The van der Waals surface area contributed by atoms with Gasteiger partial charge in [-0.05, 0) is 38.5 Å². The van der Waals surface area contributed by atoms with Crippen molar-refractivity contribution in [3.05, 3.63) is 0 Å². The number of aliphatic hydroxyl groups is 6. The fraction of sp³-hybridized carbons (Fsp3) is 1.00. The van der Waals surface area contributed by atoms with Gasteiger partial charge in [0.2, 0.25) is 0 Å². The van der Waals surface area contributed by atoms with Crippen LogP contribution >= 0.6 is 0 Å². The van der Waals surface area contributed by atoms with Crippen LogP contribution in [0.5, 0.6) is 0 Å². The summed E-state index contributed by atoms with van der Waals surface area (Å²) in [4.78, 5) is 0. The van der Waals surface area contributed by atoms with Gasteiger partial charge in [0, 0.05) is 39.6 Å². The Morgan fingerprint density at radius 1 is 0.286 bits per heavy atom. The topological polar surface area (TPSA) is 182 Å². The average Bonchev–Trinajstić information content (AvgIpc) is 2.67. The van der Waals surface area contributed by atoms with Crippen molar-refractivity contribution in [2.24, 2.45) is 0 Å². The van der Waals surface area contributed by atoms with Gasteiger partial charge in [0.25, 0.3) is 0 Å². The molecule has 0 saturated heterocycles. The molecule has 0 aliphatic rings. The van der Waals surface area contributed by atoms with Gasteiger partial charge in [-0.15, -0.1) is 0 Å². The van der Waals surface area contributed by atoms with Crippen molar-refractivity contribution in [1.82, 2.24) is 0 Å². The molecule has 9 N–H and O–H groups in total. The van der Waals surface area contributed by atoms with E-state index in [2.05, 4.69) is 0 Å². The van der Waals surface area contributed by atoms with Crippen LogP contribution in [0.3, 0.4) is 0 Å². The molecule has 174 valence electrons. The first kappa shape index (κ1) is 35.2. The van der Waals surface area contributed by atoms with E-state index in [1.54, 1.807) is 0 Å². The predicted octanol–water partition coefficient (Wildman–Crippen LogP) is -0.458. The van der Waals surface area contributed by atoms with E-state index in [0.29, 0.717) is 0 Å². The number of rotatable bonds is 15. The Labute approximate surface area is 170 Å². The first-order valence-corrected chi connectivity index (χ1v) is 10.2. The minimum absolute atomic E-state index is 0.283. The molecule has 0 aromatic carbocycles. The van der Waals surface area contributed by atoms with Crippen LogP contribution in [-0.4, -0.2) is 92.7 Å². The Morgan fingerprint density at radius 3 is 0.464 bits per heavy atom. The Kier molecular flexibility index (Phi) is 51.7. The molecule has 9 nitrogen and oxygen atoms in total. The van der Waals surface area contributed by atoms with Crippen molar-refractivity contribution >= 4 is 7.32 Å². The Morgan fingerprint density at radius 2 is 0.393 bits per heavy atom. The van der Waals surface area contributed by atoms with Gasteiger partial charge >= 0.3 is 7.32 Å². The molecule has 0 aromatic rings. The molecular formula is C18H45BO9. The number of unbranched alkanes of at least 4 members (excludes halogenated alkanes) is 9. The van der Waals surface area contributed by atoms with E-state index in [-0.39, 0.29) is 39.6 Å². The third kappa shape index (κ3) is 72.6. The molecule has 28 heavy (non-hydrogen) atoms. The number of aliphatic hydroxyl groups excluding tert-OH is 6. The first-order valence-electron chi connectivity index (χ1n) is 10.2. The van der Waals surface area contributed by atoms with E-state index < -0.39 is 7.32 Å². The Balaban J connectivity index is -0.000000141. The van der Waals surface area contributed by atoms with E-state index in [1.807, 2.05) is 0 Å². The molecule has 0 bridgehead atoms. The highest BCUT2D eigenvalue weighted by Crippen LogP contribution is 1.97. The van der Waals surface area contributed by atoms with Crippen molar-refractivity contribution in [3.63, 3.8) is 0 Å². The maximum Gasteiger partial charge on any atom is 0.631 e. The standard InChI is InChI=1S/3C6H14O2.BH3O3/c3*7-5-3-1-2-4-6-8;2-1(3)4/h3*7-8H,1-6H2;2-4H. The lowest BCUT2D eigenvalue weighted by atomic mass is 10.2. The van der Waals surface area contributed by atoms with Crippen LogP contribution in [0, 0.1) is 0 Å². The van der Waals surface area contributed by atoms with E-state index in [4.69, 9.17) is 45.7 Å². The SMILES string of the molecule is OB(O)O.OCCCCCCO.OCCCCCCO.OCCCCCCO. The zero-order valence-corrected chi connectivity index (χ0v) is 17.3. The van der Waals surface area contributed by atoms with Gasteiger partial charge in [-0.1, -0.05) is 38.5 Å². The van der Waals surface area contributed by atoms with Crippen LogP contribution in [0.4, 0.5) is 0 Å². The lowest BCUT2D eigenvalue weighted by Crippen LogP contribution is -2.07. The van der Waals surface area contributed by atoms with Gasteiger partial charge in [-0.25, -0.2) is 0 Å². The summed E-state index contributed by atoms with van der Waals surface area (Å²) in [6.45, 7) is 1.70. The number of hydrogen-bond donors (Lipinski definition) is 9. The molecule has 0 aliphatic carbocycles. The summed E-state index contributed by atoms with van der Waals surface area (Å²) in [5, 5.41) is 71.3. The van der Waals surface area contributed by atoms with Gasteiger partial charge in [0.1, 0.15) is 0 Å². The smallest absolute Gasteiger partial charge is 0.402 e. The van der Waals surface area contributed by atoms with Crippen molar-refractivity contribution in [1.29, 1.82) is 0 Å². The van der Waals surface area contributed by atoms with Crippen molar-refractivity contribution < 1.29 is 45.7 Å². The normalized spacial score (nSPS) is 9.32. The first-order chi connectivity index (χ1) is 13.5. The highest BCUT2D eigenvalue weighted by atomic mass is 16.5. The molecule has 0 heterocycles. The van der Waals surface area contributed by atoms with E-state index in [1.165, 1.54) is 0 Å². The summed E-state index contributed by atoms with van der Waals surface area (Å²) in [6, 6.07) is 0. The molecular weight excluding hydrogens is 371 g/mol. The largest absolute Gasteiger partial charge is 0.631 e. The second kappa shape index (κ2) is 41.2. The average molecular weight is 416 g/mol. The van der Waals surface area contributed by atoms with E-state index in [0.717, 1.165) is 77.0 Å².